The summed E-state index contributed by atoms with van der Waals surface area (Å²) in [5.74, 6) is 1.10. The third kappa shape index (κ3) is 4.69. The summed E-state index contributed by atoms with van der Waals surface area (Å²) >= 11 is 0. The maximum Gasteiger partial charge on any atom is 0.331 e. The molecule has 0 bridgehead atoms. The summed E-state index contributed by atoms with van der Waals surface area (Å²) in [5, 5.41) is 9.57. The van der Waals surface area contributed by atoms with Gasteiger partial charge in [0, 0.05) is 6.08 Å². The van der Waals surface area contributed by atoms with Gasteiger partial charge in [-0.2, -0.15) is 0 Å². The van der Waals surface area contributed by atoms with Gasteiger partial charge < -0.3 is 24.1 Å². The lowest BCUT2D eigenvalue weighted by Gasteiger charge is -2.12. The monoisotopic (exact) mass is 358 g/mol. The lowest BCUT2D eigenvalue weighted by atomic mass is 10.1. The van der Waals surface area contributed by atoms with Crippen molar-refractivity contribution in [3.05, 3.63) is 53.1 Å². The summed E-state index contributed by atoms with van der Waals surface area (Å²) in [6.07, 6.45) is 2.91. The highest BCUT2D eigenvalue weighted by Gasteiger charge is 2.10. The zero-order valence-corrected chi connectivity index (χ0v) is 15.2. The zero-order chi connectivity index (χ0) is 19.1. The van der Waals surface area contributed by atoms with E-state index >= 15 is 0 Å². The Balaban J connectivity index is 2.03. The van der Waals surface area contributed by atoms with Gasteiger partial charge in [-0.3, -0.25) is 0 Å². The fourth-order valence-electron chi connectivity index (χ4n) is 2.34. The lowest BCUT2D eigenvalue weighted by Crippen LogP contribution is -2.03. The number of hydrogen-bond donors (Lipinski definition) is 1. The largest absolute Gasteiger partial charge is 0.504 e. The van der Waals surface area contributed by atoms with Crippen molar-refractivity contribution < 1.29 is 28.8 Å². The Morgan fingerprint density at radius 1 is 1.00 bits per heavy atom. The molecule has 26 heavy (non-hydrogen) atoms. The van der Waals surface area contributed by atoms with Crippen molar-refractivity contribution in [2.45, 2.75) is 13.5 Å². The minimum absolute atomic E-state index is 0.0381. The van der Waals surface area contributed by atoms with E-state index in [-0.39, 0.29) is 12.4 Å². The topological polar surface area (TPSA) is 74.2 Å². The van der Waals surface area contributed by atoms with Gasteiger partial charge in [-0.1, -0.05) is 6.07 Å². The predicted molar refractivity (Wildman–Crippen MR) is 97.8 cm³/mol. The second-order valence-electron chi connectivity index (χ2n) is 5.51. The summed E-state index contributed by atoms with van der Waals surface area (Å²) in [4.78, 5) is 12.0. The van der Waals surface area contributed by atoms with Crippen LogP contribution in [0.5, 0.6) is 23.0 Å². The van der Waals surface area contributed by atoms with Crippen LogP contribution in [0.2, 0.25) is 0 Å². The molecule has 0 saturated carbocycles. The molecular formula is C20H22O6. The second kappa shape index (κ2) is 8.80. The molecule has 6 heteroatoms. The third-order valence-electron chi connectivity index (χ3n) is 3.83. The standard InChI is InChI=1S/C20H22O6/c1-13-9-18(24-3)19(25-4)11-15(13)12-26-20(22)8-6-14-5-7-16(21)17(10-14)23-2/h5-11,21H,12H2,1-4H3/b8-6+. The first-order chi connectivity index (χ1) is 12.5. The molecule has 0 saturated heterocycles. The molecule has 0 unspecified atom stereocenters. The minimum atomic E-state index is -0.480. The maximum atomic E-state index is 12.0. The number of benzene rings is 2. The fourth-order valence-corrected chi connectivity index (χ4v) is 2.34. The van der Waals surface area contributed by atoms with Crippen LogP contribution in [0.15, 0.2) is 36.4 Å². The van der Waals surface area contributed by atoms with Crippen LogP contribution in [0.25, 0.3) is 6.08 Å². The van der Waals surface area contributed by atoms with Crippen molar-refractivity contribution >= 4 is 12.0 Å². The summed E-state index contributed by atoms with van der Waals surface area (Å²) in [5.41, 5.74) is 2.47. The van der Waals surface area contributed by atoms with Crippen LogP contribution < -0.4 is 14.2 Å². The molecule has 2 aromatic rings. The minimum Gasteiger partial charge on any atom is -0.504 e. The van der Waals surface area contributed by atoms with E-state index in [2.05, 4.69) is 0 Å². The molecule has 2 rings (SSSR count). The number of rotatable bonds is 7. The molecule has 138 valence electrons. The highest BCUT2D eigenvalue weighted by atomic mass is 16.5. The van der Waals surface area contributed by atoms with Gasteiger partial charge in [0.15, 0.2) is 23.0 Å². The van der Waals surface area contributed by atoms with E-state index in [9.17, 15) is 9.90 Å². The Hall–Kier alpha value is -3.15. The molecule has 1 N–H and O–H groups in total. The van der Waals surface area contributed by atoms with Crippen LogP contribution in [0, 0.1) is 6.92 Å². The number of methoxy groups -OCH3 is 3. The zero-order valence-electron chi connectivity index (χ0n) is 15.2. The van der Waals surface area contributed by atoms with Crippen molar-refractivity contribution in [2.75, 3.05) is 21.3 Å². The van der Waals surface area contributed by atoms with Gasteiger partial charge in [-0.15, -0.1) is 0 Å². The number of phenolic OH excluding ortho intramolecular Hbond substituents is 1. The van der Waals surface area contributed by atoms with Gasteiger partial charge >= 0.3 is 5.97 Å². The van der Waals surface area contributed by atoms with Crippen LogP contribution in [-0.2, 0) is 16.1 Å². The number of aryl methyl sites for hydroxylation is 1. The Labute approximate surface area is 152 Å². The number of carbonyl (C=O) groups excluding carboxylic acids is 1. The Morgan fingerprint density at radius 3 is 2.31 bits per heavy atom. The molecule has 2 aromatic carbocycles. The first-order valence-corrected chi connectivity index (χ1v) is 7.91. The average Bonchev–Trinajstić information content (AvgIpc) is 2.65. The molecular weight excluding hydrogens is 336 g/mol. The molecule has 0 fully saturated rings. The molecule has 0 aliphatic heterocycles. The number of carbonyl (C=O) groups is 1. The van der Waals surface area contributed by atoms with E-state index in [0.717, 1.165) is 11.1 Å². The number of esters is 1. The molecule has 0 radical (unpaired) electrons. The van der Waals surface area contributed by atoms with Crippen LogP contribution >= 0.6 is 0 Å². The molecule has 0 spiro atoms. The van der Waals surface area contributed by atoms with Gasteiger partial charge in [-0.05, 0) is 54.0 Å². The van der Waals surface area contributed by atoms with Gasteiger partial charge in [0.05, 0.1) is 21.3 Å². The second-order valence-corrected chi connectivity index (χ2v) is 5.51. The van der Waals surface area contributed by atoms with E-state index in [1.807, 2.05) is 13.0 Å². The van der Waals surface area contributed by atoms with Crippen molar-refractivity contribution in [1.29, 1.82) is 0 Å². The fraction of sp³-hybridized carbons (Fsp3) is 0.250. The molecule has 0 amide bonds. The van der Waals surface area contributed by atoms with Crippen LogP contribution in [0.1, 0.15) is 16.7 Å². The van der Waals surface area contributed by atoms with Crippen molar-refractivity contribution in [1.82, 2.24) is 0 Å². The maximum absolute atomic E-state index is 12.0. The highest BCUT2D eigenvalue weighted by molar-refractivity contribution is 5.87. The Morgan fingerprint density at radius 2 is 1.65 bits per heavy atom. The summed E-state index contributed by atoms with van der Waals surface area (Å²) in [7, 11) is 4.58. The SMILES string of the molecule is COc1cc(/C=C/C(=O)OCc2cc(OC)c(OC)cc2C)ccc1O. The van der Waals surface area contributed by atoms with Crippen LogP contribution in [0.4, 0.5) is 0 Å². The normalized spacial score (nSPS) is 10.6. The Bertz CT molecular complexity index is 810. The lowest BCUT2D eigenvalue weighted by molar-refractivity contribution is -0.138. The smallest absolute Gasteiger partial charge is 0.331 e. The average molecular weight is 358 g/mol. The molecule has 0 aliphatic carbocycles. The number of ether oxygens (including phenoxy) is 4. The highest BCUT2D eigenvalue weighted by Crippen LogP contribution is 2.30. The van der Waals surface area contributed by atoms with Crippen LogP contribution in [0.3, 0.4) is 0 Å². The number of aromatic hydroxyl groups is 1. The van der Waals surface area contributed by atoms with Gasteiger partial charge in [0.2, 0.25) is 0 Å². The van der Waals surface area contributed by atoms with E-state index in [1.54, 1.807) is 38.5 Å². The summed E-state index contributed by atoms with van der Waals surface area (Å²) in [6.45, 7) is 2.03. The van der Waals surface area contributed by atoms with Gasteiger partial charge in [0.1, 0.15) is 6.61 Å². The van der Waals surface area contributed by atoms with E-state index in [1.165, 1.54) is 19.3 Å². The van der Waals surface area contributed by atoms with Crippen molar-refractivity contribution in [2.24, 2.45) is 0 Å². The van der Waals surface area contributed by atoms with Gasteiger partial charge in [-0.25, -0.2) is 4.79 Å². The van der Waals surface area contributed by atoms with E-state index in [4.69, 9.17) is 18.9 Å². The predicted octanol–water partition coefficient (Wildman–Crippen LogP) is 3.48. The Kier molecular flexibility index (Phi) is 6.49. The van der Waals surface area contributed by atoms with Crippen LogP contribution in [-0.4, -0.2) is 32.4 Å². The van der Waals surface area contributed by atoms with Crippen molar-refractivity contribution in [3.63, 3.8) is 0 Å². The first-order valence-electron chi connectivity index (χ1n) is 7.91. The molecule has 0 aromatic heterocycles. The number of hydrogen-bond acceptors (Lipinski definition) is 6. The summed E-state index contributed by atoms with van der Waals surface area (Å²) < 4.78 is 20.8. The van der Waals surface area contributed by atoms with Crippen molar-refractivity contribution in [3.8, 4) is 23.0 Å². The molecule has 6 nitrogen and oxygen atoms in total. The first kappa shape index (κ1) is 19.2. The molecule has 0 heterocycles. The van der Waals surface area contributed by atoms with E-state index < -0.39 is 5.97 Å². The van der Waals surface area contributed by atoms with Gasteiger partial charge in [0.25, 0.3) is 0 Å². The summed E-state index contributed by atoms with van der Waals surface area (Å²) in [6, 6.07) is 8.41. The molecule has 0 atom stereocenters. The number of phenols is 1. The van der Waals surface area contributed by atoms with E-state index in [0.29, 0.717) is 22.8 Å². The molecule has 0 aliphatic rings. The quantitative estimate of drug-likeness (QED) is 0.603. The third-order valence-corrected chi connectivity index (χ3v) is 3.83.